The van der Waals surface area contributed by atoms with Crippen molar-refractivity contribution in [2.45, 2.75) is 18.3 Å². The number of nitrogens with one attached hydrogen (secondary N) is 2. The lowest BCUT2D eigenvalue weighted by Crippen LogP contribution is -2.26. The van der Waals surface area contributed by atoms with Gasteiger partial charge in [-0.2, -0.15) is 18.3 Å². The maximum Gasteiger partial charge on any atom is 0.416 e. The first-order chi connectivity index (χ1) is 16.4. The molecular weight excluding hydrogens is 509 g/mol. The lowest BCUT2D eigenvalue weighted by molar-refractivity contribution is -0.385. The summed E-state index contributed by atoms with van der Waals surface area (Å²) < 4.78 is 38.3. The summed E-state index contributed by atoms with van der Waals surface area (Å²) in [5.74, 6) is -1.79. The molecule has 1 aliphatic rings. The number of nitro benzene ring substituents is 1. The number of nitro groups is 1. The third-order valence-corrected chi connectivity index (χ3v) is 6.09. The van der Waals surface area contributed by atoms with E-state index in [1.165, 1.54) is 25.1 Å². The van der Waals surface area contributed by atoms with Gasteiger partial charge >= 0.3 is 12.1 Å². The van der Waals surface area contributed by atoms with Crippen LogP contribution in [0, 0.1) is 10.1 Å². The Morgan fingerprint density at radius 1 is 1.23 bits per heavy atom. The summed E-state index contributed by atoms with van der Waals surface area (Å²) in [6.07, 6.45) is -4.47. The highest BCUT2D eigenvalue weighted by atomic mass is 32.2. The largest absolute Gasteiger partial charge is 0.477 e. The van der Waals surface area contributed by atoms with E-state index in [1.807, 2.05) is 0 Å². The Kier molecular flexibility index (Phi) is 7.55. The minimum atomic E-state index is -4.47. The zero-order valence-electron chi connectivity index (χ0n) is 17.6. The molecule has 0 aromatic heterocycles. The monoisotopic (exact) mass is 524 g/mol. The molecule has 0 amide bonds. The topological polar surface area (TPSA) is 134 Å². The predicted octanol–water partition coefficient (Wildman–Crippen LogP) is 4.92. The Labute approximate surface area is 205 Å². The molecule has 1 atom stereocenters. The van der Waals surface area contributed by atoms with E-state index < -0.39 is 39.1 Å². The van der Waals surface area contributed by atoms with Crippen LogP contribution in [0.3, 0.4) is 0 Å². The molecule has 1 aliphatic heterocycles. The van der Waals surface area contributed by atoms with Gasteiger partial charge in [0.1, 0.15) is 5.56 Å². The van der Waals surface area contributed by atoms with Gasteiger partial charge in [-0.05, 0) is 54.4 Å². The number of aromatic carboxylic acids is 1. The number of benzene rings is 2. The molecule has 3 N–H and O–H groups in total. The van der Waals surface area contributed by atoms with E-state index in [9.17, 15) is 32.9 Å². The number of thioether (sulfide) groups is 1. The number of hydrogen-bond donors (Lipinski definition) is 3. The van der Waals surface area contributed by atoms with Crippen LogP contribution in [0.5, 0.6) is 0 Å². The maximum absolute atomic E-state index is 12.8. The lowest BCUT2D eigenvalue weighted by atomic mass is 10.0. The normalized spacial score (nSPS) is 16.0. The summed E-state index contributed by atoms with van der Waals surface area (Å²) in [6.45, 7) is 1.53. The summed E-state index contributed by atoms with van der Waals surface area (Å²) >= 11 is 6.21. The van der Waals surface area contributed by atoms with Crippen LogP contribution in [0.1, 0.15) is 33.7 Å². The molecule has 0 saturated heterocycles. The van der Waals surface area contributed by atoms with E-state index in [4.69, 9.17) is 17.3 Å². The molecule has 0 saturated carbocycles. The fourth-order valence-electron chi connectivity index (χ4n) is 3.03. The van der Waals surface area contributed by atoms with Gasteiger partial charge in [0.15, 0.2) is 10.9 Å². The highest BCUT2D eigenvalue weighted by Crippen LogP contribution is 2.40. The van der Waals surface area contributed by atoms with E-state index in [0.717, 1.165) is 36.0 Å². The first-order valence-electron chi connectivity index (χ1n) is 9.59. The summed E-state index contributed by atoms with van der Waals surface area (Å²) in [6, 6.07) is 7.70. The molecule has 0 fully saturated rings. The van der Waals surface area contributed by atoms with Gasteiger partial charge in [-0.1, -0.05) is 12.1 Å². The molecular formula is C21H15F3N4O5S2. The molecule has 0 radical (unpaired) electrons. The number of thiocarbonyl (C=S) groups is 1. The van der Waals surface area contributed by atoms with Crippen molar-refractivity contribution in [1.29, 1.82) is 0 Å². The predicted molar refractivity (Wildman–Crippen MR) is 127 cm³/mol. The van der Waals surface area contributed by atoms with Gasteiger partial charge in [0.2, 0.25) is 0 Å². The van der Waals surface area contributed by atoms with Gasteiger partial charge in [-0.3, -0.25) is 20.3 Å². The quantitative estimate of drug-likeness (QED) is 0.208. The zero-order chi connectivity index (χ0) is 25.9. The molecule has 1 unspecified atom stereocenters. The Bertz CT molecular complexity index is 1280. The molecule has 0 spiro atoms. The standard InChI is InChI=1S/C21H15F3N4O5S2/c1-10(15-9-35-18(17(15)29)11-2-4-12(5-3-11)21(22,23)24)26-27-20(34)25-13-6-7-14(19(30)31)16(8-13)28(32)33/h2-9,18H,1H3,(H,30,31)(H2,25,27,34)/b26-10+. The number of carbonyl (C=O) groups is 2. The first-order valence-corrected chi connectivity index (χ1v) is 10.9. The minimum Gasteiger partial charge on any atom is -0.477 e. The third kappa shape index (κ3) is 6.02. The molecule has 35 heavy (non-hydrogen) atoms. The van der Waals surface area contributed by atoms with Gasteiger partial charge in [-0.15, -0.1) is 11.8 Å². The average molecular weight is 525 g/mol. The van der Waals surface area contributed by atoms with Gasteiger partial charge in [0.25, 0.3) is 5.69 Å². The number of alkyl halides is 3. The molecule has 3 rings (SSSR count). The number of rotatable bonds is 6. The first kappa shape index (κ1) is 25.8. The van der Waals surface area contributed by atoms with Crippen LogP contribution in [-0.2, 0) is 11.0 Å². The van der Waals surface area contributed by atoms with E-state index in [0.29, 0.717) is 5.56 Å². The molecule has 9 nitrogen and oxygen atoms in total. The average Bonchev–Trinajstić information content (AvgIpc) is 3.18. The van der Waals surface area contributed by atoms with Gasteiger partial charge in [0.05, 0.1) is 21.4 Å². The number of carboxylic acid groups (broad SMARTS) is 1. The number of halogens is 3. The SMILES string of the molecule is C/C(=N\NC(=S)Nc1ccc(C(=O)O)c([N+](=O)[O-])c1)C1=CSC(c2ccc(C(F)(F)F)cc2)C1=O. The van der Waals surface area contributed by atoms with E-state index >= 15 is 0 Å². The number of hydrazone groups is 1. The van der Waals surface area contributed by atoms with Crippen molar-refractivity contribution in [3.8, 4) is 0 Å². The number of anilines is 1. The van der Waals surface area contributed by atoms with E-state index in [-0.39, 0.29) is 27.9 Å². The van der Waals surface area contributed by atoms with Crippen LogP contribution in [0.4, 0.5) is 24.5 Å². The molecule has 2 aromatic carbocycles. The minimum absolute atomic E-state index is 0.0836. The molecule has 182 valence electrons. The Morgan fingerprint density at radius 3 is 2.46 bits per heavy atom. The number of carbonyl (C=O) groups excluding carboxylic acids is 1. The number of ketones is 1. The molecule has 2 aromatic rings. The Hall–Kier alpha value is -3.78. The van der Waals surface area contributed by atoms with Crippen LogP contribution < -0.4 is 10.7 Å². The molecule has 14 heteroatoms. The summed E-state index contributed by atoms with van der Waals surface area (Å²) in [7, 11) is 0. The molecule has 0 aliphatic carbocycles. The van der Waals surface area contributed by atoms with E-state index in [1.54, 1.807) is 5.41 Å². The van der Waals surface area contributed by atoms with Crippen LogP contribution in [-0.4, -0.2) is 32.6 Å². The Morgan fingerprint density at radius 2 is 1.89 bits per heavy atom. The van der Waals surface area contributed by atoms with E-state index in [2.05, 4.69) is 15.8 Å². The van der Waals surface area contributed by atoms with Crippen molar-refractivity contribution < 1.29 is 32.8 Å². The number of hydrogen-bond acceptors (Lipinski definition) is 7. The van der Waals surface area contributed by atoms with Crippen molar-refractivity contribution in [3.05, 3.63) is 80.3 Å². The maximum atomic E-state index is 12.8. The zero-order valence-corrected chi connectivity index (χ0v) is 19.3. The van der Waals surface area contributed by atoms with Gasteiger partial charge in [0, 0.05) is 17.3 Å². The fraction of sp³-hybridized carbons (Fsp3) is 0.143. The van der Waals surface area contributed by atoms with Crippen molar-refractivity contribution in [2.75, 3.05) is 5.32 Å². The number of allylic oxidation sites excluding steroid dienone is 1. The van der Waals surface area contributed by atoms with Crippen molar-refractivity contribution in [2.24, 2.45) is 5.10 Å². The van der Waals surface area contributed by atoms with Gasteiger partial charge < -0.3 is 10.4 Å². The van der Waals surface area contributed by atoms with Crippen molar-refractivity contribution in [3.63, 3.8) is 0 Å². The van der Waals surface area contributed by atoms with Crippen molar-refractivity contribution >= 4 is 57.9 Å². The van der Waals surface area contributed by atoms with Crippen LogP contribution in [0.25, 0.3) is 0 Å². The van der Waals surface area contributed by atoms with Crippen LogP contribution in [0.15, 0.2) is 58.5 Å². The number of Topliss-reactive ketones (excluding diaryl/α,β-unsaturated/α-hetero) is 1. The molecule has 1 heterocycles. The summed E-state index contributed by atoms with van der Waals surface area (Å²) in [4.78, 5) is 34.1. The second-order valence-corrected chi connectivity index (χ2v) is 8.48. The van der Waals surface area contributed by atoms with Gasteiger partial charge in [-0.25, -0.2) is 4.79 Å². The summed E-state index contributed by atoms with van der Waals surface area (Å²) in [5.41, 5.74) is 1.63. The second kappa shape index (κ2) is 10.2. The Balaban J connectivity index is 1.65. The number of nitrogens with zero attached hydrogens (tertiary/aromatic N) is 2. The fourth-order valence-corrected chi connectivity index (χ4v) is 4.32. The third-order valence-electron chi connectivity index (χ3n) is 4.76. The highest BCUT2D eigenvalue weighted by molar-refractivity contribution is 8.03. The second-order valence-electron chi connectivity index (χ2n) is 7.09. The van der Waals surface area contributed by atoms with Crippen molar-refractivity contribution in [1.82, 2.24) is 5.43 Å². The van der Waals surface area contributed by atoms with Crippen LogP contribution in [0.2, 0.25) is 0 Å². The summed E-state index contributed by atoms with van der Waals surface area (Å²) in [5, 5.41) is 27.5. The smallest absolute Gasteiger partial charge is 0.416 e. The van der Waals surface area contributed by atoms with Crippen LogP contribution >= 0.6 is 24.0 Å². The number of carboxylic acids is 1. The lowest BCUT2D eigenvalue weighted by Gasteiger charge is -2.12. The molecule has 0 bridgehead atoms. The highest BCUT2D eigenvalue weighted by Gasteiger charge is 2.33.